The number of benzene rings is 1. The fraction of sp³-hybridized carbons (Fsp3) is 0.400. The summed E-state index contributed by atoms with van der Waals surface area (Å²) in [6, 6.07) is 5.62. The van der Waals surface area contributed by atoms with Gasteiger partial charge in [0.15, 0.2) is 0 Å². The summed E-state index contributed by atoms with van der Waals surface area (Å²) in [5.41, 5.74) is 3.01. The van der Waals surface area contributed by atoms with Crippen molar-refractivity contribution in [1.29, 1.82) is 0 Å². The molecule has 0 saturated carbocycles. The van der Waals surface area contributed by atoms with Crippen molar-refractivity contribution >= 4 is 11.6 Å². The third kappa shape index (κ3) is 3.91. The Morgan fingerprint density at radius 2 is 1.96 bits per heavy atom. The van der Waals surface area contributed by atoms with Crippen LogP contribution in [0.5, 0.6) is 0 Å². The number of rotatable bonds is 4. The maximum Gasteiger partial charge on any atom is 0.368 e. The number of aryl methyl sites for hydroxylation is 2. The van der Waals surface area contributed by atoms with Gasteiger partial charge in [0.05, 0.1) is 5.69 Å². The van der Waals surface area contributed by atoms with E-state index in [-0.39, 0.29) is 12.3 Å². The molecule has 0 spiro atoms. The smallest absolute Gasteiger partial charge is 0.368 e. The molecular weight excluding hydrogens is 296 g/mol. The zero-order valence-electron chi connectivity index (χ0n) is 13.9. The van der Waals surface area contributed by atoms with Crippen molar-refractivity contribution in [3.63, 3.8) is 0 Å². The van der Waals surface area contributed by atoms with Gasteiger partial charge < -0.3 is 4.74 Å². The van der Waals surface area contributed by atoms with E-state index in [0.29, 0.717) is 11.6 Å². The lowest BCUT2D eigenvalue weighted by Gasteiger charge is -2.12. The minimum Gasteiger partial charge on any atom is -0.475 e. The number of hydrogen-bond donors (Lipinski definition) is 0. The van der Waals surface area contributed by atoms with Gasteiger partial charge in [-0.25, -0.2) is 4.79 Å². The largest absolute Gasteiger partial charge is 0.475 e. The van der Waals surface area contributed by atoms with E-state index in [1.807, 2.05) is 39.0 Å². The molecule has 0 radical (unpaired) electrons. The standard InChI is InChI=1S/C15H20N6O2/c1-10(2)16-17-12(4)23-9-13-11(3)7-6-8-14(13)21-15(22)20(5)18-19-21/h6-8H,9H2,1-5H3. The highest BCUT2D eigenvalue weighted by molar-refractivity contribution is 5.80. The Morgan fingerprint density at radius 1 is 1.22 bits per heavy atom. The molecule has 0 N–H and O–H groups in total. The highest BCUT2D eigenvalue weighted by atomic mass is 16.5. The fourth-order valence-electron chi connectivity index (χ4n) is 1.91. The molecule has 8 nitrogen and oxygen atoms in total. The summed E-state index contributed by atoms with van der Waals surface area (Å²) in [4.78, 5) is 12.1. The molecule has 122 valence electrons. The second kappa shape index (κ2) is 6.99. The Bertz CT molecular complexity index is 812. The van der Waals surface area contributed by atoms with Crippen molar-refractivity contribution in [3.05, 3.63) is 39.8 Å². The van der Waals surface area contributed by atoms with E-state index in [1.54, 1.807) is 14.0 Å². The molecule has 23 heavy (non-hydrogen) atoms. The maximum atomic E-state index is 12.1. The van der Waals surface area contributed by atoms with Crippen LogP contribution in [0.1, 0.15) is 31.9 Å². The normalized spacial score (nSPS) is 11.4. The predicted octanol–water partition coefficient (Wildman–Crippen LogP) is 1.61. The summed E-state index contributed by atoms with van der Waals surface area (Å²) >= 11 is 0. The average molecular weight is 316 g/mol. The van der Waals surface area contributed by atoms with E-state index < -0.39 is 0 Å². The van der Waals surface area contributed by atoms with Crippen molar-refractivity contribution in [2.24, 2.45) is 17.3 Å². The average Bonchev–Trinajstić information content (AvgIpc) is 2.83. The first kappa shape index (κ1) is 16.6. The van der Waals surface area contributed by atoms with Crippen LogP contribution in [0.2, 0.25) is 0 Å². The monoisotopic (exact) mass is 316 g/mol. The molecule has 1 heterocycles. The van der Waals surface area contributed by atoms with Crippen molar-refractivity contribution in [2.45, 2.75) is 34.3 Å². The summed E-state index contributed by atoms with van der Waals surface area (Å²) in [5.74, 6) is 0.451. The molecular formula is C15H20N6O2. The van der Waals surface area contributed by atoms with E-state index in [4.69, 9.17) is 4.74 Å². The van der Waals surface area contributed by atoms with Gasteiger partial charge in [-0.2, -0.15) is 14.5 Å². The summed E-state index contributed by atoms with van der Waals surface area (Å²) in [6.07, 6.45) is 0. The van der Waals surface area contributed by atoms with Crippen LogP contribution in [-0.4, -0.2) is 31.4 Å². The number of aromatic nitrogens is 4. The fourth-order valence-corrected chi connectivity index (χ4v) is 1.91. The van der Waals surface area contributed by atoms with Crippen LogP contribution >= 0.6 is 0 Å². The molecule has 0 saturated heterocycles. The van der Waals surface area contributed by atoms with Crippen molar-refractivity contribution in [2.75, 3.05) is 0 Å². The van der Waals surface area contributed by atoms with E-state index in [9.17, 15) is 4.79 Å². The highest BCUT2D eigenvalue weighted by Gasteiger charge is 2.13. The molecule has 1 aromatic carbocycles. The number of nitrogens with zero attached hydrogens (tertiary/aromatic N) is 6. The lowest BCUT2D eigenvalue weighted by molar-refractivity contribution is 0.287. The highest BCUT2D eigenvalue weighted by Crippen LogP contribution is 2.18. The minimum atomic E-state index is -0.312. The Labute approximate surface area is 134 Å². The Morgan fingerprint density at radius 3 is 2.57 bits per heavy atom. The summed E-state index contributed by atoms with van der Waals surface area (Å²) < 4.78 is 8.08. The molecule has 0 aliphatic heterocycles. The van der Waals surface area contributed by atoms with Crippen LogP contribution in [0.25, 0.3) is 5.69 Å². The maximum absolute atomic E-state index is 12.1. The molecule has 8 heteroatoms. The van der Waals surface area contributed by atoms with Crippen LogP contribution in [0.3, 0.4) is 0 Å². The first-order valence-electron chi connectivity index (χ1n) is 7.16. The lowest BCUT2D eigenvalue weighted by atomic mass is 10.1. The second-order valence-electron chi connectivity index (χ2n) is 5.32. The lowest BCUT2D eigenvalue weighted by Crippen LogP contribution is -2.23. The van der Waals surface area contributed by atoms with E-state index in [0.717, 1.165) is 16.8 Å². The van der Waals surface area contributed by atoms with Crippen molar-refractivity contribution in [3.8, 4) is 5.69 Å². The van der Waals surface area contributed by atoms with Gasteiger partial charge in [0, 0.05) is 25.2 Å². The third-order valence-electron chi connectivity index (χ3n) is 3.15. The zero-order chi connectivity index (χ0) is 17.0. The quantitative estimate of drug-likeness (QED) is 0.487. The van der Waals surface area contributed by atoms with Crippen molar-refractivity contribution in [1.82, 2.24) is 19.8 Å². The molecule has 0 unspecified atom stereocenters. The van der Waals surface area contributed by atoms with Crippen LogP contribution in [0.4, 0.5) is 0 Å². The van der Waals surface area contributed by atoms with E-state index >= 15 is 0 Å². The predicted molar refractivity (Wildman–Crippen MR) is 88.0 cm³/mol. The topological polar surface area (TPSA) is 86.7 Å². The van der Waals surface area contributed by atoms with Crippen LogP contribution in [0, 0.1) is 6.92 Å². The second-order valence-corrected chi connectivity index (χ2v) is 5.32. The van der Waals surface area contributed by atoms with Crippen molar-refractivity contribution < 1.29 is 4.74 Å². The van der Waals surface area contributed by atoms with Gasteiger partial charge in [-0.1, -0.05) is 12.1 Å². The summed E-state index contributed by atoms with van der Waals surface area (Å²) in [5, 5.41) is 15.6. The van der Waals surface area contributed by atoms with Crippen LogP contribution in [-0.2, 0) is 18.4 Å². The Balaban J connectivity index is 2.33. The SMILES string of the molecule is CC(C)=NN=C(C)OCc1c(C)cccc1-n1nnn(C)c1=O. The van der Waals surface area contributed by atoms with Gasteiger partial charge in [0.2, 0.25) is 5.90 Å². The third-order valence-corrected chi connectivity index (χ3v) is 3.15. The Hall–Kier alpha value is -2.77. The molecule has 2 rings (SSSR count). The van der Waals surface area contributed by atoms with Crippen LogP contribution < -0.4 is 5.69 Å². The molecule has 0 atom stereocenters. The molecule has 0 amide bonds. The minimum absolute atomic E-state index is 0.263. The van der Waals surface area contributed by atoms with Gasteiger partial charge in [0.25, 0.3) is 0 Å². The molecule has 0 bridgehead atoms. The van der Waals surface area contributed by atoms with Crippen LogP contribution in [0.15, 0.2) is 33.2 Å². The van der Waals surface area contributed by atoms with Gasteiger partial charge in [-0.05, 0) is 42.8 Å². The number of tetrazole rings is 1. The number of hydrogen-bond acceptors (Lipinski definition) is 6. The van der Waals surface area contributed by atoms with Gasteiger partial charge >= 0.3 is 5.69 Å². The Kier molecular flexibility index (Phi) is 5.05. The van der Waals surface area contributed by atoms with E-state index in [1.165, 1.54) is 9.36 Å². The molecule has 0 aliphatic carbocycles. The molecule has 0 fully saturated rings. The molecule has 0 aliphatic rings. The number of ether oxygens (including phenoxy) is 1. The van der Waals surface area contributed by atoms with Gasteiger partial charge in [0.1, 0.15) is 6.61 Å². The zero-order valence-corrected chi connectivity index (χ0v) is 13.9. The summed E-state index contributed by atoms with van der Waals surface area (Å²) in [7, 11) is 1.56. The van der Waals surface area contributed by atoms with E-state index in [2.05, 4.69) is 20.6 Å². The first-order chi connectivity index (χ1) is 10.9. The van der Waals surface area contributed by atoms with Gasteiger partial charge in [-0.3, -0.25) is 0 Å². The summed E-state index contributed by atoms with van der Waals surface area (Å²) in [6.45, 7) is 7.66. The van der Waals surface area contributed by atoms with Gasteiger partial charge in [-0.15, -0.1) is 5.10 Å². The molecule has 2 aromatic rings. The molecule has 1 aromatic heterocycles. The first-order valence-corrected chi connectivity index (χ1v) is 7.16.